The highest BCUT2D eigenvalue weighted by Crippen LogP contribution is 2.38. The van der Waals surface area contributed by atoms with Gasteiger partial charge >= 0.3 is 6.18 Å². The number of alkyl halides is 3. The maximum absolute atomic E-state index is 13.1. The molecule has 8 heteroatoms. The third-order valence-electron chi connectivity index (χ3n) is 5.93. The molecule has 0 spiro atoms. The van der Waals surface area contributed by atoms with E-state index in [2.05, 4.69) is 10.3 Å². The maximum Gasteiger partial charge on any atom is 0.391 e. The molecule has 4 rings (SSSR count). The predicted molar refractivity (Wildman–Crippen MR) is 115 cm³/mol. The fourth-order valence-corrected chi connectivity index (χ4v) is 4.20. The first kappa shape index (κ1) is 22.1. The van der Waals surface area contributed by atoms with Gasteiger partial charge in [-0.05, 0) is 42.3 Å². The van der Waals surface area contributed by atoms with Crippen LogP contribution in [0.1, 0.15) is 41.6 Å². The van der Waals surface area contributed by atoms with Crippen LogP contribution in [0, 0.1) is 5.92 Å². The number of fused-ring (bicyclic) bond motifs is 1. The van der Waals surface area contributed by atoms with E-state index in [4.69, 9.17) is 10.5 Å². The lowest BCUT2D eigenvalue weighted by molar-refractivity contribution is -0.183. The van der Waals surface area contributed by atoms with Gasteiger partial charge in [-0.25, -0.2) is 4.98 Å². The highest BCUT2D eigenvalue weighted by atomic mass is 19.4. The molecule has 0 unspecified atom stereocenters. The smallest absolute Gasteiger partial charge is 0.391 e. The first-order valence-electron chi connectivity index (χ1n) is 10.6. The molecule has 1 amide bonds. The summed E-state index contributed by atoms with van der Waals surface area (Å²) in [6, 6.07) is 14.4. The molecule has 1 aliphatic carbocycles. The van der Waals surface area contributed by atoms with Crippen molar-refractivity contribution < 1.29 is 22.7 Å². The van der Waals surface area contributed by atoms with Crippen molar-refractivity contribution in [3.05, 3.63) is 65.9 Å². The molecule has 0 bridgehead atoms. The summed E-state index contributed by atoms with van der Waals surface area (Å²) in [7, 11) is 0. The van der Waals surface area contributed by atoms with E-state index in [0.29, 0.717) is 30.2 Å². The Kier molecular flexibility index (Phi) is 6.32. The number of primary amides is 1. The average molecular weight is 443 g/mol. The summed E-state index contributed by atoms with van der Waals surface area (Å²) in [5.41, 5.74) is 6.51. The number of halogens is 3. The third-order valence-corrected chi connectivity index (χ3v) is 5.93. The number of benzene rings is 2. The number of hydrogen-bond donors (Lipinski definition) is 2. The number of pyridine rings is 1. The van der Waals surface area contributed by atoms with Crippen molar-refractivity contribution in [2.45, 2.75) is 44.4 Å². The van der Waals surface area contributed by atoms with E-state index in [-0.39, 0.29) is 18.9 Å². The number of ether oxygens (including phenoxy) is 1. The minimum absolute atomic E-state index is 0.121. The highest BCUT2D eigenvalue weighted by Gasteiger charge is 2.42. The SMILES string of the molecule is NC(=O)c1ccc(Oc2ccc(CN[C@@H]3CCC[C@@H](C(F)(F)F)C3)c3ccccc23)nc1. The number of nitrogens with zero attached hydrogens (tertiary/aromatic N) is 1. The van der Waals surface area contributed by atoms with Crippen LogP contribution in [-0.2, 0) is 6.54 Å². The predicted octanol–water partition coefficient (Wildman–Crippen LogP) is 5.34. The van der Waals surface area contributed by atoms with E-state index >= 15 is 0 Å². The van der Waals surface area contributed by atoms with Crippen molar-refractivity contribution in [2.75, 3.05) is 0 Å². The second kappa shape index (κ2) is 9.16. The quantitative estimate of drug-likeness (QED) is 0.539. The Morgan fingerprint density at radius 1 is 1.09 bits per heavy atom. The number of nitrogens with two attached hydrogens (primary N) is 1. The van der Waals surface area contributed by atoms with Crippen LogP contribution in [0.3, 0.4) is 0 Å². The van der Waals surface area contributed by atoms with Crippen LogP contribution in [0.15, 0.2) is 54.7 Å². The van der Waals surface area contributed by atoms with E-state index in [0.717, 1.165) is 22.8 Å². The molecule has 3 N–H and O–H groups in total. The molecule has 2 atom stereocenters. The summed E-state index contributed by atoms with van der Waals surface area (Å²) in [5.74, 6) is -0.870. The van der Waals surface area contributed by atoms with E-state index < -0.39 is 18.0 Å². The number of hydrogen-bond acceptors (Lipinski definition) is 4. The molecular formula is C24H24F3N3O2. The Morgan fingerprint density at radius 3 is 2.56 bits per heavy atom. The normalized spacial score (nSPS) is 19.1. The van der Waals surface area contributed by atoms with Gasteiger partial charge in [0.15, 0.2) is 0 Å². The van der Waals surface area contributed by atoms with Crippen LogP contribution in [0.5, 0.6) is 11.6 Å². The van der Waals surface area contributed by atoms with Gasteiger partial charge in [0.25, 0.3) is 0 Å². The van der Waals surface area contributed by atoms with Crippen molar-refractivity contribution in [3.8, 4) is 11.6 Å². The van der Waals surface area contributed by atoms with Gasteiger partial charge in [0.1, 0.15) is 5.75 Å². The Bertz CT molecular complexity index is 1100. The molecule has 32 heavy (non-hydrogen) atoms. The summed E-state index contributed by atoms with van der Waals surface area (Å²) >= 11 is 0. The summed E-state index contributed by atoms with van der Waals surface area (Å²) in [6.07, 6.45) is -1.11. The van der Waals surface area contributed by atoms with Crippen LogP contribution >= 0.6 is 0 Å². The van der Waals surface area contributed by atoms with Gasteiger partial charge in [-0.3, -0.25) is 4.79 Å². The summed E-state index contributed by atoms with van der Waals surface area (Å²) in [6.45, 7) is 0.474. The molecule has 168 valence electrons. The third kappa shape index (κ3) is 5.02. The van der Waals surface area contributed by atoms with Gasteiger partial charge < -0.3 is 15.8 Å². The second-order valence-corrected chi connectivity index (χ2v) is 8.10. The molecule has 1 heterocycles. The van der Waals surface area contributed by atoms with Crippen molar-refractivity contribution in [3.63, 3.8) is 0 Å². The van der Waals surface area contributed by atoms with Crippen LogP contribution in [0.4, 0.5) is 13.2 Å². The number of amides is 1. The first-order valence-corrected chi connectivity index (χ1v) is 10.6. The number of carbonyl (C=O) groups excluding carboxylic acids is 1. The van der Waals surface area contributed by atoms with E-state index in [1.165, 1.54) is 6.20 Å². The fourth-order valence-electron chi connectivity index (χ4n) is 4.20. The standard InChI is InChI=1S/C24H24F3N3O2/c25-24(26,27)17-4-3-5-18(12-17)29-13-15-8-10-21(20-7-2-1-6-19(15)20)32-22-11-9-16(14-30-22)23(28)31/h1-2,6-11,14,17-18,29H,3-5,12-13H2,(H2,28,31)/t17-,18-/m1/s1. The van der Waals surface area contributed by atoms with Gasteiger partial charge in [0.2, 0.25) is 11.8 Å². The van der Waals surface area contributed by atoms with Gasteiger partial charge in [-0.1, -0.05) is 36.8 Å². The monoisotopic (exact) mass is 443 g/mol. The molecular weight excluding hydrogens is 419 g/mol. The largest absolute Gasteiger partial charge is 0.438 e. The first-order chi connectivity index (χ1) is 15.3. The molecule has 0 saturated heterocycles. The molecule has 1 aliphatic rings. The zero-order chi connectivity index (χ0) is 22.7. The van der Waals surface area contributed by atoms with E-state index in [1.807, 2.05) is 36.4 Å². The van der Waals surface area contributed by atoms with Crippen LogP contribution < -0.4 is 15.8 Å². The van der Waals surface area contributed by atoms with E-state index in [9.17, 15) is 18.0 Å². The second-order valence-electron chi connectivity index (χ2n) is 8.10. The summed E-state index contributed by atoms with van der Waals surface area (Å²) < 4.78 is 45.2. The highest BCUT2D eigenvalue weighted by molar-refractivity contribution is 5.92. The Labute approximate surface area is 183 Å². The van der Waals surface area contributed by atoms with Gasteiger partial charge in [-0.2, -0.15) is 13.2 Å². The Morgan fingerprint density at radius 2 is 1.88 bits per heavy atom. The number of rotatable bonds is 6. The minimum Gasteiger partial charge on any atom is -0.438 e. The van der Waals surface area contributed by atoms with Crippen molar-refractivity contribution >= 4 is 16.7 Å². The Balaban J connectivity index is 1.50. The maximum atomic E-state index is 13.1. The summed E-state index contributed by atoms with van der Waals surface area (Å²) in [5, 5.41) is 5.14. The minimum atomic E-state index is -4.13. The van der Waals surface area contributed by atoms with E-state index in [1.54, 1.807) is 12.1 Å². The van der Waals surface area contributed by atoms with Gasteiger partial charge in [0, 0.05) is 30.2 Å². The molecule has 5 nitrogen and oxygen atoms in total. The molecule has 3 aromatic rings. The average Bonchev–Trinajstić information content (AvgIpc) is 2.78. The number of carbonyl (C=O) groups is 1. The fraction of sp³-hybridized carbons (Fsp3) is 0.333. The molecule has 1 aromatic heterocycles. The topological polar surface area (TPSA) is 77.2 Å². The summed E-state index contributed by atoms with van der Waals surface area (Å²) in [4.78, 5) is 15.3. The van der Waals surface area contributed by atoms with Crippen molar-refractivity contribution in [1.82, 2.24) is 10.3 Å². The van der Waals surface area contributed by atoms with Crippen LogP contribution in [0.2, 0.25) is 0 Å². The molecule has 1 fully saturated rings. The molecule has 0 aliphatic heterocycles. The number of aromatic nitrogens is 1. The van der Waals surface area contributed by atoms with Crippen molar-refractivity contribution in [2.24, 2.45) is 11.7 Å². The van der Waals surface area contributed by atoms with Gasteiger partial charge in [0.05, 0.1) is 11.5 Å². The lowest BCUT2D eigenvalue weighted by Crippen LogP contribution is -2.38. The lowest BCUT2D eigenvalue weighted by Gasteiger charge is -2.31. The van der Waals surface area contributed by atoms with Crippen molar-refractivity contribution in [1.29, 1.82) is 0 Å². The Hall–Kier alpha value is -3.13. The molecule has 2 aromatic carbocycles. The number of nitrogens with one attached hydrogen (secondary N) is 1. The zero-order valence-corrected chi connectivity index (χ0v) is 17.4. The van der Waals surface area contributed by atoms with Crippen LogP contribution in [-0.4, -0.2) is 23.1 Å². The van der Waals surface area contributed by atoms with Crippen LogP contribution in [0.25, 0.3) is 10.8 Å². The zero-order valence-electron chi connectivity index (χ0n) is 17.4. The molecule has 0 radical (unpaired) electrons. The van der Waals surface area contributed by atoms with Gasteiger partial charge in [-0.15, -0.1) is 0 Å². The molecule has 1 saturated carbocycles. The lowest BCUT2D eigenvalue weighted by atomic mass is 9.85.